The molecule has 0 aliphatic heterocycles. The van der Waals surface area contributed by atoms with Crippen LogP contribution in [0, 0.1) is 0 Å². The Hall–Kier alpha value is -2.90. The zero-order valence-corrected chi connectivity index (χ0v) is 17.9. The predicted octanol–water partition coefficient (Wildman–Crippen LogP) is 4.85. The zero-order chi connectivity index (χ0) is 18.2. The molecule has 0 spiro atoms. The third kappa shape index (κ3) is 5.54. The Labute approximate surface area is 172 Å². The van der Waals surface area contributed by atoms with Crippen LogP contribution in [0.25, 0.3) is 22.3 Å². The van der Waals surface area contributed by atoms with Gasteiger partial charge in [0.25, 0.3) is 0 Å². The van der Waals surface area contributed by atoms with Crippen molar-refractivity contribution in [1.82, 2.24) is 0 Å². The van der Waals surface area contributed by atoms with Gasteiger partial charge < -0.3 is 10.2 Å². The Bertz CT molecular complexity index is 873. The van der Waals surface area contributed by atoms with Crippen LogP contribution in [0.15, 0.2) is 109 Å². The molecule has 0 amide bonds. The molecule has 0 saturated heterocycles. The standard InChI is InChI=1S/2C12H10O.Zn/c2*13-12-9-5-4-8-11(12)10-6-2-1-3-7-10;/h2*1-9,13H;/q;;+2/p-2. The van der Waals surface area contributed by atoms with E-state index in [9.17, 15) is 10.2 Å². The molecule has 0 radical (unpaired) electrons. The number of para-hydroxylation sites is 2. The average molecular weight is 404 g/mol. The minimum atomic E-state index is 0. The summed E-state index contributed by atoms with van der Waals surface area (Å²) in [4.78, 5) is 0. The number of hydrogen-bond donors (Lipinski definition) is 0. The SMILES string of the molecule is [O-]c1ccccc1-c1ccccc1.[O-]c1ccccc1-c1ccccc1.[Zn+2]. The van der Waals surface area contributed by atoms with Crippen molar-refractivity contribution < 1.29 is 29.7 Å². The van der Waals surface area contributed by atoms with Gasteiger partial charge in [-0.3, -0.25) is 0 Å². The van der Waals surface area contributed by atoms with Gasteiger partial charge in [0.2, 0.25) is 0 Å². The van der Waals surface area contributed by atoms with E-state index in [1.54, 1.807) is 24.3 Å². The molecule has 0 bridgehead atoms. The monoisotopic (exact) mass is 402 g/mol. The summed E-state index contributed by atoms with van der Waals surface area (Å²) in [5.41, 5.74) is 3.49. The van der Waals surface area contributed by atoms with Crippen LogP contribution in [-0.4, -0.2) is 0 Å². The Balaban J connectivity index is 0.000000187. The van der Waals surface area contributed by atoms with Crippen molar-refractivity contribution >= 4 is 0 Å². The van der Waals surface area contributed by atoms with Crippen LogP contribution in [0.5, 0.6) is 11.5 Å². The molecular weight excluding hydrogens is 386 g/mol. The quantitative estimate of drug-likeness (QED) is 0.449. The summed E-state index contributed by atoms with van der Waals surface area (Å²) in [6.45, 7) is 0. The van der Waals surface area contributed by atoms with Crippen LogP contribution < -0.4 is 10.2 Å². The van der Waals surface area contributed by atoms with Crippen molar-refractivity contribution in [3.63, 3.8) is 0 Å². The van der Waals surface area contributed by atoms with Gasteiger partial charge in [0.05, 0.1) is 0 Å². The van der Waals surface area contributed by atoms with Crippen molar-refractivity contribution in [2.75, 3.05) is 0 Å². The minimum absolute atomic E-state index is 0. The van der Waals surface area contributed by atoms with E-state index in [0.717, 1.165) is 22.3 Å². The van der Waals surface area contributed by atoms with Gasteiger partial charge in [-0.2, -0.15) is 0 Å². The summed E-state index contributed by atoms with van der Waals surface area (Å²) in [5.74, 6) is 0.155. The first-order chi connectivity index (χ1) is 12.8. The Morgan fingerprint density at radius 2 is 0.667 bits per heavy atom. The molecule has 4 aromatic carbocycles. The summed E-state index contributed by atoms with van der Waals surface area (Å²) >= 11 is 0. The predicted molar refractivity (Wildman–Crippen MR) is 103 cm³/mol. The van der Waals surface area contributed by atoms with E-state index >= 15 is 0 Å². The summed E-state index contributed by atoms with van der Waals surface area (Å²) < 4.78 is 0. The number of rotatable bonds is 2. The summed E-state index contributed by atoms with van der Waals surface area (Å²) in [5, 5.41) is 22.8. The minimum Gasteiger partial charge on any atom is -0.872 e. The second-order valence-electron chi connectivity index (χ2n) is 5.72. The maximum Gasteiger partial charge on any atom is 2.00 e. The van der Waals surface area contributed by atoms with Crippen molar-refractivity contribution in [1.29, 1.82) is 0 Å². The van der Waals surface area contributed by atoms with E-state index in [1.807, 2.05) is 84.9 Å². The molecule has 0 saturated carbocycles. The van der Waals surface area contributed by atoms with Gasteiger partial charge in [0, 0.05) is 0 Å². The van der Waals surface area contributed by atoms with E-state index < -0.39 is 0 Å². The van der Waals surface area contributed by atoms with Crippen LogP contribution in [0.2, 0.25) is 0 Å². The second kappa shape index (κ2) is 10.3. The molecule has 128 valence electrons. The zero-order valence-electron chi connectivity index (χ0n) is 14.9. The van der Waals surface area contributed by atoms with E-state index in [-0.39, 0.29) is 31.0 Å². The van der Waals surface area contributed by atoms with Crippen molar-refractivity contribution in [2.24, 2.45) is 0 Å². The smallest absolute Gasteiger partial charge is 0.872 e. The Kier molecular flexibility index (Phi) is 7.79. The normalized spacial score (nSPS) is 9.48. The molecule has 0 unspecified atom stereocenters. The number of hydrogen-bond acceptors (Lipinski definition) is 2. The first-order valence-electron chi connectivity index (χ1n) is 8.38. The second-order valence-corrected chi connectivity index (χ2v) is 5.72. The molecule has 0 atom stereocenters. The number of benzene rings is 4. The maximum absolute atomic E-state index is 11.4. The molecule has 27 heavy (non-hydrogen) atoms. The molecule has 2 nitrogen and oxygen atoms in total. The van der Waals surface area contributed by atoms with Crippen molar-refractivity contribution in [3.05, 3.63) is 109 Å². The first-order valence-corrected chi connectivity index (χ1v) is 8.38. The van der Waals surface area contributed by atoms with Gasteiger partial charge in [-0.15, -0.1) is 11.5 Å². The molecule has 4 rings (SSSR count). The van der Waals surface area contributed by atoms with Crippen LogP contribution in [0.4, 0.5) is 0 Å². The van der Waals surface area contributed by atoms with Gasteiger partial charge in [-0.25, -0.2) is 0 Å². The first kappa shape index (κ1) is 20.4. The molecular formula is C24H18O2Zn. The van der Waals surface area contributed by atoms with E-state index in [2.05, 4.69) is 0 Å². The summed E-state index contributed by atoms with van der Waals surface area (Å²) in [7, 11) is 0. The largest absolute Gasteiger partial charge is 2.00 e. The topological polar surface area (TPSA) is 46.1 Å². The van der Waals surface area contributed by atoms with E-state index in [0.29, 0.717) is 0 Å². The van der Waals surface area contributed by atoms with E-state index in [4.69, 9.17) is 0 Å². The maximum atomic E-state index is 11.4. The van der Waals surface area contributed by atoms with Crippen molar-refractivity contribution in [3.8, 4) is 33.8 Å². The average Bonchev–Trinajstić information content (AvgIpc) is 2.71. The third-order valence-electron chi connectivity index (χ3n) is 3.94. The fourth-order valence-electron chi connectivity index (χ4n) is 2.65. The molecule has 4 aromatic rings. The van der Waals surface area contributed by atoms with Gasteiger partial charge in [-0.1, -0.05) is 109 Å². The van der Waals surface area contributed by atoms with Gasteiger partial charge >= 0.3 is 19.5 Å². The molecule has 0 aliphatic rings. The molecule has 3 heteroatoms. The van der Waals surface area contributed by atoms with Crippen LogP contribution in [0.3, 0.4) is 0 Å². The third-order valence-corrected chi connectivity index (χ3v) is 3.94. The molecule has 0 aliphatic carbocycles. The summed E-state index contributed by atoms with van der Waals surface area (Å²) in [6, 6.07) is 33.5. The summed E-state index contributed by atoms with van der Waals surface area (Å²) in [6.07, 6.45) is 0. The molecule has 0 heterocycles. The Morgan fingerprint density at radius 3 is 1.00 bits per heavy atom. The Morgan fingerprint density at radius 1 is 0.370 bits per heavy atom. The van der Waals surface area contributed by atoms with Crippen molar-refractivity contribution in [2.45, 2.75) is 0 Å². The fraction of sp³-hybridized carbons (Fsp3) is 0. The van der Waals surface area contributed by atoms with Gasteiger partial charge in [0.1, 0.15) is 0 Å². The van der Waals surface area contributed by atoms with Crippen LogP contribution in [0.1, 0.15) is 0 Å². The van der Waals surface area contributed by atoms with Crippen LogP contribution in [-0.2, 0) is 19.5 Å². The fourth-order valence-corrected chi connectivity index (χ4v) is 2.65. The van der Waals surface area contributed by atoms with E-state index in [1.165, 1.54) is 0 Å². The van der Waals surface area contributed by atoms with Gasteiger partial charge in [0.15, 0.2) is 0 Å². The van der Waals surface area contributed by atoms with Crippen LogP contribution >= 0.6 is 0 Å². The molecule has 0 aromatic heterocycles. The molecule has 0 N–H and O–H groups in total. The van der Waals surface area contributed by atoms with Gasteiger partial charge in [-0.05, 0) is 22.3 Å². The molecule has 0 fully saturated rings.